The lowest BCUT2D eigenvalue weighted by Crippen LogP contribution is -2.48. The van der Waals surface area contributed by atoms with Crippen molar-refractivity contribution < 1.29 is 32.6 Å². The summed E-state index contributed by atoms with van der Waals surface area (Å²) in [5.74, 6) is -1.41. The van der Waals surface area contributed by atoms with Crippen molar-refractivity contribution >= 4 is 29.3 Å². The molecule has 25 heavy (non-hydrogen) atoms. The molecule has 7 nitrogen and oxygen atoms in total. The van der Waals surface area contributed by atoms with E-state index >= 15 is 0 Å². The highest BCUT2D eigenvalue weighted by atomic mass is 35.5. The molecule has 1 aliphatic heterocycles. The average Bonchev–Trinajstić information content (AvgIpc) is 2.55. The summed E-state index contributed by atoms with van der Waals surface area (Å²) in [5, 5.41) is 11.4. The summed E-state index contributed by atoms with van der Waals surface area (Å²) >= 11 is 5.75. The van der Waals surface area contributed by atoms with Gasteiger partial charge >= 0.3 is 12.1 Å². The number of carboxylic acids is 1. The van der Waals surface area contributed by atoms with Crippen molar-refractivity contribution in [2.45, 2.75) is 18.7 Å². The van der Waals surface area contributed by atoms with Crippen molar-refractivity contribution in [1.82, 2.24) is 9.88 Å². The molecule has 138 valence electrons. The topological polar surface area (TPSA) is 91.8 Å². The van der Waals surface area contributed by atoms with E-state index in [4.69, 9.17) is 21.4 Å². The summed E-state index contributed by atoms with van der Waals surface area (Å²) in [6.07, 6.45) is -4.94. The van der Waals surface area contributed by atoms with Crippen molar-refractivity contribution in [3.8, 4) is 0 Å². The fourth-order valence-electron chi connectivity index (χ4n) is 2.19. The number of aliphatic carboxylic acids is 1. The third kappa shape index (κ3) is 5.20. The van der Waals surface area contributed by atoms with Gasteiger partial charge in [0.05, 0.1) is 23.7 Å². The Hall–Kier alpha value is -2.07. The van der Waals surface area contributed by atoms with E-state index < -0.39 is 23.8 Å². The number of hydrogen-bond donors (Lipinski definition) is 2. The zero-order chi connectivity index (χ0) is 18.6. The number of rotatable bonds is 5. The van der Waals surface area contributed by atoms with Crippen molar-refractivity contribution in [3.63, 3.8) is 0 Å². The third-order valence-electron chi connectivity index (χ3n) is 3.49. The minimum Gasteiger partial charge on any atom is -0.479 e. The van der Waals surface area contributed by atoms with Crippen molar-refractivity contribution in [1.29, 1.82) is 0 Å². The molecule has 1 aliphatic rings. The first-order chi connectivity index (χ1) is 11.7. The molecule has 1 aromatic heterocycles. The maximum absolute atomic E-state index is 12.5. The van der Waals surface area contributed by atoms with Crippen molar-refractivity contribution in [2.75, 3.05) is 31.6 Å². The van der Waals surface area contributed by atoms with Gasteiger partial charge in [0, 0.05) is 25.7 Å². The number of carbonyl (C=O) groups excluding carboxylic acids is 1. The number of carboxylic acid groups (broad SMARTS) is 1. The number of anilines is 1. The first-order valence-corrected chi connectivity index (χ1v) is 7.65. The van der Waals surface area contributed by atoms with E-state index in [1.165, 1.54) is 4.90 Å². The largest absolute Gasteiger partial charge is 0.479 e. The van der Waals surface area contributed by atoms with Crippen LogP contribution in [0.15, 0.2) is 12.3 Å². The van der Waals surface area contributed by atoms with E-state index in [1.807, 2.05) is 0 Å². The molecule has 1 saturated heterocycles. The Morgan fingerprint density at radius 3 is 2.80 bits per heavy atom. The van der Waals surface area contributed by atoms with Crippen LogP contribution in [0, 0.1) is 0 Å². The Bertz CT molecular complexity index is 657. The van der Waals surface area contributed by atoms with E-state index in [-0.39, 0.29) is 49.4 Å². The van der Waals surface area contributed by atoms with Crippen LogP contribution < -0.4 is 5.32 Å². The molecular weight excluding hydrogens is 367 g/mol. The van der Waals surface area contributed by atoms with Crippen LogP contribution in [0.2, 0.25) is 5.02 Å². The fourth-order valence-corrected chi connectivity index (χ4v) is 2.43. The van der Waals surface area contributed by atoms with Gasteiger partial charge in [-0.1, -0.05) is 11.6 Å². The summed E-state index contributed by atoms with van der Waals surface area (Å²) in [4.78, 5) is 27.9. The van der Waals surface area contributed by atoms with Crippen molar-refractivity contribution in [3.05, 3.63) is 22.8 Å². The fraction of sp³-hybridized carbons (Fsp3) is 0.500. The van der Waals surface area contributed by atoms with Crippen LogP contribution in [-0.2, 0) is 20.5 Å². The summed E-state index contributed by atoms with van der Waals surface area (Å²) in [6, 6.07) is 0.748. The quantitative estimate of drug-likeness (QED) is 0.809. The summed E-state index contributed by atoms with van der Waals surface area (Å²) < 4.78 is 42.6. The van der Waals surface area contributed by atoms with Gasteiger partial charge in [-0.25, -0.2) is 9.78 Å². The lowest BCUT2D eigenvalue weighted by Gasteiger charge is -2.31. The van der Waals surface area contributed by atoms with Crippen LogP contribution in [0.25, 0.3) is 0 Å². The van der Waals surface area contributed by atoms with Gasteiger partial charge in [0.25, 0.3) is 0 Å². The number of morpholine rings is 1. The number of nitrogens with one attached hydrogen (secondary N) is 1. The van der Waals surface area contributed by atoms with E-state index in [0.29, 0.717) is 6.20 Å². The van der Waals surface area contributed by atoms with Gasteiger partial charge in [0.15, 0.2) is 6.10 Å². The van der Waals surface area contributed by atoms with E-state index in [0.717, 1.165) is 6.07 Å². The van der Waals surface area contributed by atoms with Crippen LogP contribution in [0.5, 0.6) is 0 Å². The first kappa shape index (κ1) is 19.3. The standard InChI is InChI=1S/C14H15ClF3N3O4/c15-9-5-8(14(16,17)18)6-20-12(9)19-2-1-11(22)21-3-4-25-10(7-21)13(23)24/h5-6,10H,1-4,7H2,(H,19,20)(H,23,24). The second kappa shape index (κ2) is 7.87. The van der Waals surface area contributed by atoms with Crippen LogP contribution in [-0.4, -0.2) is 59.2 Å². The molecule has 1 unspecified atom stereocenters. The minimum absolute atomic E-state index is 0.00533. The van der Waals surface area contributed by atoms with E-state index in [1.54, 1.807) is 0 Å². The Morgan fingerprint density at radius 2 is 2.20 bits per heavy atom. The number of halogens is 4. The van der Waals surface area contributed by atoms with Gasteiger partial charge in [-0.3, -0.25) is 4.79 Å². The molecule has 1 fully saturated rings. The SMILES string of the molecule is O=C(O)C1CN(C(=O)CCNc2ncc(C(F)(F)F)cc2Cl)CCO1. The number of alkyl halides is 3. The second-order valence-corrected chi connectivity index (χ2v) is 5.67. The van der Waals surface area contributed by atoms with Gasteiger partial charge in [-0.05, 0) is 6.07 Å². The second-order valence-electron chi connectivity index (χ2n) is 5.27. The van der Waals surface area contributed by atoms with Gasteiger partial charge < -0.3 is 20.1 Å². The van der Waals surface area contributed by atoms with Crippen LogP contribution >= 0.6 is 11.6 Å². The molecule has 0 aliphatic carbocycles. The zero-order valence-electron chi connectivity index (χ0n) is 12.8. The van der Waals surface area contributed by atoms with Gasteiger partial charge in [0.1, 0.15) is 5.82 Å². The number of aromatic nitrogens is 1. The molecule has 1 aromatic rings. The van der Waals surface area contributed by atoms with E-state index in [2.05, 4.69) is 10.3 Å². The lowest BCUT2D eigenvalue weighted by atomic mass is 10.2. The Labute approximate surface area is 145 Å². The Balaban J connectivity index is 1.86. The molecule has 2 N–H and O–H groups in total. The molecule has 1 atom stereocenters. The molecule has 0 saturated carbocycles. The van der Waals surface area contributed by atoms with Crippen LogP contribution in [0.1, 0.15) is 12.0 Å². The van der Waals surface area contributed by atoms with Crippen LogP contribution in [0.4, 0.5) is 19.0 Å². The predicted octanol–water partition coefficient (Wildman–Crippen LogP) is 1.87. The Kier molecular flexibility index (Phi) is 6.07. The van der Waals surface area contributed by atoms with E-state index in [9.17, 15) is 22.8 Å². The minimum atomic E-state index is -4.54. The Morgan fingerprint density at radius 1 is 1.48 bits per heavy atom. The smallest absolute Gasteiger partial charge is 0.417 e. The highest BCUT2D eigenvalue weighted by Gasteiger charge is 2.32. The molecule has 0 aromatic carbocycles. The monoisotopic (exact) mass is 381 g/mol. The molecule has 2 rings (SSSR count). The molecule has 1 amide bonds. The maximum atomic E-state index is 12.5. The lowest BCUT2D eigenvalue weighted by molar-refractivity contribution is -0.159. The highest BCUT2D eigenvalue weighted by molar-refractivity contribution is 6.32. The molecule has 11 heteroatoms. The van der Waals surface area contributed by atoms with Gasteiger partial charge in [0.2, 0.25) is 5.91 Å². The van der Waals surface area contributed by atoms with Crippen molar-refractivity contribution in [2.24, 2.45) is 0 Å². The molecule has 0 radical (unpaired) electrons. The summed E-state index contributed by atoms with van der Waals surface area (Å²) in [5.41, 5.74) is -0.966. The normalized spacial score (nSPS) is 18.1. The predicted molar refractivity (Wildman–Crippen MR) is 81.3 cm³/mol. The van der Waals surface area contributed by atoms with Crippen LogP contribution in [0.3, 0.4) is 0 Å². The third-order valence-corrected chi connectivity index (χ3v) is 3.78. The zero-order valence-corrected chi connectivity index (χ0v) is 13.6. The van der Waals surface area contributed by atoms with Gasteiger partial charge in [-0.15, -0.1) is 0 Å². The number of pyridine rings is 1. The summed E-state index contributed by atoms with van der Waals surface area (Å²) in [7, 11) is 0. The van der Waals surface area contributed by atoms with Gasteiger partial charge in [-0.2, -0.15) is 13.2 Å². The average molecular weight is 382 g/mol. The number of amides is 1. The number of nitrogens with zero attached hydrogens (tertiary/aromatic N) is 2. The molecule has 0 spiro atoms. The highest BCUT2D eigenvalue weighted by Crippen LogP contribution is 2.32. The number of carbonyl (C=O) groups is 2. The first-order valence-electron chi connectivity index (χ1n) is 7.27. The summed E-state index contributed by atoms with van der Waals surface area (Å²) in [6.45, 7) is 0.448. The molecule has 0 bridgehead atoms. The maximum Gasteiger partial charge on any atom is 0.417 e. The number of ether oxygens (including phenoxy) is 1. The molecular formula is C14H15ClF3N3O4. The molecule has 2 heterocycles. The number of hydrogen-bond acceptors (Lipinski definition) is 5.